The fourth-order valence-electron chi connectivity index (χ4n) is 4.46. The minimum atomic E-state index is -3.51. The van der Waals surface area contributed by atoms with Crippen molar-refractivity contribution < 1.29 is 17.9 Å². The summed E-state index contributed by atoms with van der Waals surface area (Å²) < 4.78 is 32.5. The highest BCUT2D eigenvalue weighted by Gasteiger charge is 2.31. The Kier molecular flexibility index (Phi) is 6.52. The number of hydrogen-bond donors (Lipinski definition) is 1. The smallest absolute Gasteiger partial charge is 0.245 e. The molecule has 2 aromatic rings. The molecule has 1 saturated carbocycles. The maximum absolute atomic E-state index is 12.6. The average Bonchev–Trinajstić information content (AvgIpc) is 2.69. The zero-order valence-corrected chi connectivity index (χ0v) is 20.5. The molecule has 178 valence electrons. The molecule has 8 nitrogen and oxygen atoms in total. The molecule has 1 amide bonds. The Labute approximate surface area is 196 Å². The lowest BCUT2D eigenvalue weighted by Crippen LogP contribution is -2.51. The molecule has 2 aliphatic rings. The number of amides is 1. The number of anilines is 2. The predicted octanol–water partition coefficient (Wildman–Crippen LogP) is 3.62. The maximum atomic E-state index is 12.6. The first-order chi connectivity index (χ1) is 15.6. The molecule has 1 saturated heterocycles. The van der Waals surface area contributed by atoms with E-state index in [4.69, 9.17) is 4.74 Å². The second-order valence-corrected chi connectivity index (χ2v) is 10.9. The van der Waals surface area contributed by atoms with Gasteiger partial charge < -0.3 is 14.5 Å². The normalized spacial score (nSPS) is 17.0. The molecule has 4 rings (SSSR count). The van der Waals surface area contributed by atoms with Crippen molar-refractivity contribution in [2.75, 3.05) is 42.1 Å². The summed E-state index contributed by atoms with van der Waals surface area (Å²) in [6.07, 6.45) is 4.27. The number of sulfonamides is 1. The number of piperazine rings is 1. The van der Waals surface area contributed by atoms with Crippen LogP contribution in [0.1, 0.15) is 36.0 Å². The molecule has 1 aliphatic carbocycles. The van der Waals surface area contributed by atoms with Crippen LogP contribution in [0, 0.1) is 26.7 Å². The van der Waals surface area contributed by atoms with E-state index in [-0.39, 0.29) is 17.7 Å². The Hall–Kier alpha value is -2.81. The Morgan fingerprint density at radius 1 is 1.06 bits per heavy atom. The van der Waals surface area contributed by atoms with E-state index in [9.17, 15) is 13.2 Å². The number of nitrogens with zero attached hydrogens (tertiary/aromatic N) is 3. The minimum Gasteiger partial charge on any atom is -0.436 e. The Balaban J connectivity index is 1.57. The minimum absolute atomic E-state index is 0.206. The summed E-state index contributed by atoms with van der Waals surface area (Å²) in [5, 5.41) is 0. The maximum Gasteiger partial charge on any atom is 0.245 e. The van der Waals surface area contributed by atoms with Gasteiger partial charge in [-0.25, -0.2) is 8.42 Å². The van der Waals surface area contributed by atoms with E-state index in [0.29, 0.717) is 43.4 Å². The molecule has 0 atom stereocenters. The summed E-state index contributed by atoms with van der Waals surface area (Å²) in [7, 11) is -3.51. The van der Waals surface area contributed by atoms with Gasteiger partial charge in [0.2, 0.25) is 21.8 Å². The quantitative estimate of drug-likeness (QED) is 0.690. The Morgan fingerprint density at radius 3 is 2.24 bits per heavy atom. The SMILES string of the molecule is Cc1cc(C)c(Oc2nc(N3CCN(C(=O)C4CCC4)CC3)ccc2NS(C)(=O)=O)c(C)c1. The average molecular weight is 473 g/mol. The van der Waals surface area contributed by atoms with Crippen molar-refractivity contribution in [1.29, 1.82) is 0 Å². The van der Waals surface area contributed by atoms with Crippen LogP contribution in [0.25, 0.3) is 0 Å². The highest BCUT2D eigenvalue weighted by Crippen LogP contribution is 2.35. The molecule has 1 N–H and O–H groups in total. The molecular weight excluding hydrogens is 440 g/mol. The first kappa shape index (κ1) is 23.4. The number of benzene rings is 1. The van der Waals surface area contributed by atoms with Gasteiger partial charge in [-0.2, -0.15) is 4.98 Å². The van der Waals surface area contributed by atoms with Crippen LogP contribution in [0.3, 0.4) is 0 Å². The van der Waals surface area contributed by atoms with Crippen LogP contribution >= 0.6 is 0 Å². The number of rotatable bonds is 6. The second-order valence-electron chi connectivity index (χ2n) is 9.17. The van der Waals surface area contributed by atoms with Gasteiger partial charge >= 0.3 is 0 Å². The third-order valence-electron chi connectivity index (χ3n) is 6.31. The number of hydrogen-bond acceptors (Lipinski definition) is 6. The van der Waals surface area contributed by atoms with Crippen LogP contribution in [-0.4, -0.2) is 56.6 Å². The highest BCUT2D eigenvalue weighted by molar-refractivity contribution is 7.92. The molecule has 1 aromatic carbocycles. The number of carbonyl (C=O) groups excluding carboxylic acids is 1. The van der Waals surface area contributed by atoms with Crippen LogP contribution in [0.15, 0.2) is 24.3 Å². The largest absolute Gasteiger partial charge is 0.436 e. The standard InChI is InChI=1S/C24H32N4O4S/c1-16-14-17(2)22(18(3)15-16)32-23-20(26-33(4,30)31)8-9-21(25-23)27-10-12-28(13-11-27)24(29)19-6-5-7-19/h8-9,14-15,19,26H,5-7,10-13H2,1-4H3. The Morgan fingerprint density at radius 2 is 1.70 bits per heavy atom. The van der Waals surface area contributed by atoms with E-state index >= 15 is 0 Å². The molecule has 0 radical (unpaired) electrons. The van der Waals surface area contributed by atoms with E-state index in [1.165, 1.54) is 0 Å². The Bertz CT molecular complexity index is 1130. The lowest BCUT2D eigenvalue weighted by Gasteiger charge is -2.38. The summed E-state index contributed by atoms with van der Waals surface area (Å²) in [4.78, 5) is 21.3. The van der Waals surface area contributed by atoms with Gasteiger partial charge in [-0.15, -0.1) is 0 Å². The van der Waals surface area contributed by atoms with Crippen LogP contribution in [0.5, 0.6) is 11.6 Å². The van der Waals surface area contributed by atoms with Crippen molar-refractivity contribution in [3.63, 3.8) is 0 Å². The molecule has 2 fully saturated rings. The van der Waals surface area contributed by atoms with Crippen molar-refractivity contribution in [2.24, 2.45) is 5.92 Å². The van der Waals surface area contributed by atoms with E-state index in [2.05, 4.69) is 14.6 Å². The molecule has 2 heterocycles. The lowest BCUT2D eigenvalue weighted by atomic mass is 9.84. The van der Waals surface area contributed by atoms with Crippen molar-refractivity contribution in [3.8, 4) is 11.6 Å². The fourth-order valence-corrected chi connectivity index (χ4v) is 5.01. The van der Waals surface area contributed by atoms with Crippen molar-refractivity contribution in [1.82, 2.24) is 9.88 Å². The van der Waals surface area contributed by atoms with Crippen LogP contribution < -0.4 is 14.4 Å². The number of pyridine rings is 1. The summed E-state index contributed by atoms with van der Waals surface area (Å²) in [6.45, 7) is 8.61. The summed E-state index contributed by atoms with van der Waals surface area (Å²) in [5.41, 5.74) is 3.32. The van der Waals surface area contributed by atoms with Crippen molar-refractivity contribution in [2.45, 2.75) is 40.0 Å². The van der Waals surface area contributed by atoms with E-state index < -0.39 is 10.0 Å². The number of ether oxygens (including phenoxy) is 1. The molecule has 9 heteroatoms. The first-order valence-corrected chi connectivity index (χ1v) is 13.3. The van der Waals surface area contributed by atoms with Gasteiger partial charge in [-0.05, 0) is 56.9 Å². The van der Waals surface area contributed by atoms with Gasteiger partial charge in [0, 0.05) is 32.1 Å². The molecular formula is C24H32N4O4S. The molecule has 1 aliphatic heterocycles. The van der Waals surface area contributed by atoms with Gasteiger partial charge in [0.25, 0.3) is 0 Å². The van der Waals surface area contributed by atoms with Crippen molar-refractivity contribution in [3.05, 3.63) is 41.0 Å². The van der Waals surface area contributed by atoms with Crippen LogP contribution in [-0.2, 0) is 14.8 Å². The highest BCUT2D eigenvalue weighted by atomic mass is 32.2. The number of aryl methyl sites for hydroxylation is 3. The molecule has 0 bridgehead atoms. The number of aromatic nitrogens is 1. The van der Waals surface area contributed by atoms with E-state index in [1.54, 1.807) is 12.1 Å². The summed E-state index contributed by atoms with van der Waals surface area (Å²) in [6, 6.07) is 7.52. The zero-order chi connectivity index (χ0) is 23.8. The monoisotopic (exact) mass is 472 g/mol. The topological polar surface area (TPSA) is 91.8 Å². The third kappa shape index (κ3) is 5.40. The van der Waals surface area contributed by atoms with Crippen LogP contribution in [0.4, 0.5) is 11.5 Å². The first-order valence-electron chi connectivity index (χ1n) is 11.4. The van der Waals surface area contributed by atoms with Gasteiger partial charge in [0.15, 0.2) is 0 Å². The second kappa shape index (κ2) is 9.21. The molecule has 0 unspecified atom stereocenters. The lowest BCUT2D eigenvalue weighted by molar-refractivity contribution is -0.138. The van der Waals surface area contributed by atoms with Gasteiger partial charge in [-0.1, -0.05) is 24.1 Å². The van der Waals surface area contributed by atoms with E-state index in [0.717, 1.165) is 42.2 Å². The number of nitrogens with one attached hydrogen (secondary N) is 1. The predicted molar refractivity (Wildman–Crippen MR) is 130 cm³/mol. The van der Waals surface area contributed by atoms with Crippen molar-refractivity contribution >= 4 is 27.4 Å². The molecule has 33 heavy (non-hydrogen) atoms. The fraction of sp³-hybridized carbons (Fsp3) is 0.500. The van der Waals surface area contributed by atoms with Gasteiger partial charge in [0.1, 0.15) is 17.3 Å². The number of carbonyl (C=O) groups is 1. The van der Waals surface area contributed by atoms with E-state index in [1.807, 2.05) is 37.8 Å². The van der Waals surface area contributed by atoms with Gasteiger partial charge in [0.05, 0.1) is 6.26 Å². The molecule has 0 spiro atoms. The summed E-state index contributed by atoms with van der Waals surface area (Å²) >= 11 is 0. The van der Waals surface area contributed by atoms with Crippen LogP contribution in [0.2, 0.25) is 0 Å². The summed E-state index contributed by atoms with van der Waals surface area (Å²) in [5.74, 6) is 2.05. The third-order valence-corrected chi connectivity index (χ3v) is 6.90. The van der Waals surface area contributed by atoms with Gasteiger partial charge in [-0.3, -0.25) is 9.52 Å². The zero-order valence-electron chi connectivity index (χ0n) is 19.7. The molecule has 1 aromatic heterocycles.